The molecule has 0 unspecified atom stereocenters. The standard InChI is InChI=1S/C16H15FN4O2S/c17-12-4-2-8-18-13(12)9-19-16-20-15-11(10-6-7-10)3-1-5-14(15)24(22,23)21-16/h1-5,8,10H,6-7,9H2,(H2,19,20,21). The number of halogens is 1. The topological polar surface area (TPSA) is 83.5 Å². The molecule has 2 aromatic rings. The summed E-state index contributed by atoms with van der Waals surface area (Å²) in [6.07, 6.45) is 3.59. The summed E-state index contributed by atoms with van der Waals surface area (Å²) >= 11 is 0. The quantitative estimate of drug-likeness (QED) is 0.891. The average molecular weight is 346 g/mol. The summed E-state index contributed by atoms with van der Waals surface area (Å²) in [7, 11) is -3.79. The minimum Gasteiger partial charge on any atom is -0.349 e. The Morgan fingerprint density at radius 1 is 1.25 bits per heavy atom. The molecule has 1 saturated carbocycles. The first kappa shape index (κ1) is 15.1. The van der Waals surface area contributed by atoms with Gasteiger partial charge in [-0.1, -0.05) is 12.1 Å². The average Bonchev–Trinajstić information content (AvgIpc) is 3.38. The highest BCUT2D eigenvalue weighted by Gasteiger charge is 2.32. The smallest absolute Gasteiger partial charge is 0.287 e. The van der Waals surface area contributed by atoms with Gasteiger partial charge in [0, 0.05) is 6.20 Å². The molecule has 0 atom stereocenters. The minimum atomic E-state index is -3.79. The van der Waals surface area contributed by atoms with Gasteiger partial charge in [0.15, 0.2) is 0 Å². The summed E-state index contributed by atoms with van der Waals surface area (Å²) in [5.74, 6) is 0.0132. The van der Waals surface area contributed by atoms with E-state index >= 15 is 0 Å². The van der Waals surface area contributed by atoms with E-state index in [4.69, 9.17) is 0 Å². The minimum absolute atomic E-state index is 0.0367. The van der Waals surface area contributed by atoms with E-state index in [9.17, 15) is 12.8 Å². The van der Waals surface area contributed by atoms with Crippen LogP contribution < -0.4 is 10.6 Å². The molecule has 1 aromatic carbocycles. The Bertz CT molecular complexity index is 939. The number of pyridine rings is 1. The molecule has 1 aliphatic heterocycles. The van der Waals surface area contributed by atoms with Gasteiger partial charge in [0.2, 0.25) is 5.96 Å². The van der Waals surface area contributed by atoms with Crippen molar-refractivity contribution < 1.29 is 12.8 Å². The molecule has 8 heteroatoms. The number of nitrogens with zero attached hydrogens (tertiary/aromatic N) is 2. The highest BCUT2D eigenvalue weighted by molar-refractivity contribution is 7.90. The van der Waals surface area contributed by atoms with Gasteiger partial charge in [-0.2, -0.15) is 8.42 Å². The number of anilines is 1. The molecule has 2 N–H and O–H groups in total. The van der Waals surface area contributed by atoms with Crippen LogP contribution in [-0.4, -0.2) is 19.4 Å². The van der Waals surface area contributed by atoms with E-state index < -0.39 is 15.8 Å². The van der Waals surface area contributed by atoms with E-state index in [0.717, 1.165) is 18.4 Å². The predicted octanol–water partition coefficient (Wildman–Crippen LogP) is 2.36. The van der Waals surface area contributed by atoms with Crippen molar-refractivity contribution in [3.8, 4) is 0 Å². The normalized spacial score (nSPS) is 18.3. The van der Waals surface area contributed by atoms with Gasteiger partial charge in [-0.25, -0.2) is 4.39 Å². The SMILES string of the molecule is O=S1(=O)N=C(NCc2ncccc2F)Nc2c(C3CC3)cccc21. The number of rotatable bonds is 3. The number of hydrogen-bond donors (Lipinski definition) is 2. The molecular weight excluding hydrogens is 331 g/mol. The number of nitrogens with one attached hydrogen (secondary N) is 2. The summed E-state index contributed by atoms with van der Waals surface area (Å²) in [5.41, 5.74) is 1.74. The van der Waals surface area contributed by atoms with Gasteiger partial charge in [0.05, 0.1) is 17.9 Å². The number of fused-ring (bicyclic) bond motifs is 1. The van der Waals surface area contributed by atoms with Gasteiger partial charge in [0.25, 0.3) is 10.0 Å². The summed E-state index contributed by atoms with van der Waals surface area (Å²) in [4.78, 5) is 4.11. The maximum Gasteiger partial charge on any atom is 0.287 e. The van der Waals surface area contributed by atoms with Crippen molar-refractivity contribution >= 4 is 21.7 Å². The van der Waals surface area contributed by atoms with E-state index in [0.29, 0.717) is 11.6 Å². The number of para-hydroxylation sites is 1. The van der Waals surface area contributed by atoms with E-state index in [2.05, 4.69) is 20.0 Å². The van der Waals surface area contributed by atoms with Gasteiger partial charge in [0.1, 0.15) is 10.7 Å². The molecule has 2 aliphatic rings. The Labute approximate surface area is 138 Å². The van der Waals surface area contributed by atoms with Crippen LogP contribution in [0.3, 0.4) is 0 Å². The van der Waals surface area contributed by atoms with Crippen LogP contribution in [0.4, 0.5) is 10.1 Å². The van der Waals surface area contributed by atoms with Crippen LogP contribution in [0.25, 0.3) is 0 Å². The zero-order valence-corrected chi connectivity index (χ0v) is 13.5. The summed E-state index contributed by atoms with van der Waals surface area (Å²) in [6.45, 7) is 0.0367. The van der Waals surface area contributed by atoms with Crippen molar-refractivity contribution in [2.24, 2.45) is 4.40 Å². The lowest BCUT2D eigenvalue weighted by Gasteiger charge is -2.21. The summed E-state index contributed by atoms with van der Waals surface area (Å²) in [5, 5.41) is 5.86. The van der Waals surface area contributed by atoms with Gasteiger partial charge in [-0.05, 0) is 42.5 Å². The molecule has 1 aliphatic carbocycles. The van der Waals surface area contributed by atoms with Crippen LogP contribution in [-0.2, 0) is 16.6 Å². The third-order valence-corrected chi connectivity index (χ3v) is 5.39. The molecule has 0 amide bonds. The molecule has 2 heterocycles. The fraction of sp³-hybridized carbons (Fsp3) is 0.250. The molecule has 1 aromatic heterocycles. The zero-order chi connectivity index (χ0) is 16.7. The Morgan fingerprint density at radius 2 is 2.08 bits per heavy atom. The fourth-order valence-electron chi connectivity index (χ4n) is 2.73. The Morgan fingerprint density at radius 3 is 2.83 bits per heavy atom. The number of sulfonamides is 1. The molecule has 0 saturated heterocycles. The second-order valence-corrected chi connectivity index (χ2v) is 7.39. The highest BCUT2D eigenvalue weighted by atomic mass is 32.2. The molecule has 4 rings (SSSR count). The number of aromatic nitrogens is 1. The third-order valence-electron chi connectivity index (χ3n) is 4.07. The Balaban J connectivity index is 1.63. The zero-order valence-electron chi connectivity index (χ0n) is 12.7. The van der Waals surface area contributed by atoms with Crippen LogP contribution in [0.15, 0.2) is 45.8 Å². The van der Waals surface area contributed by atoms with Gasteiger partial charge in [-0.15, -0.1) is 4.40 Å². The maximum atomic E-state index is 13.6. The summed E-state index contributed by atoms with van der Waals surface area (Å²) in [6, 6.07) is 8.01. The van der Waals surface area contributed by atoms with Crippen molar-refractivity contribution in [1.82, 2.24) is 10.3 Å². The molecular formula is C16H15FN4O2S. The van der Waals surface area contributed by atoms with E-state index in [-0.39, 0.29) is 23.1 Å². The van der Waals surface area contributed by atoms with E-state index in [1.165, 1.54) is 18.3 Å². The van der Waals surface area contributed by atoms with Crippen molar-refractivity contribution in [1.29, 1.82) is 0 Å². The van der Waals surface area contributed by atoms with Crippen molar-refractivity contribution in [3.63, 3.8) is 0 Å². The Hall–Kier alpha value is -2.48. The van der Waals surface area contributed by atoms with Crippen molar-refractivity contribution in [3.05, 3.63) is 53.6 Å². The molecule has 0 spiro atoms. The number of benzene rings is 1. The molecule has 24 heavy (non-hydrogen) atoms. The number of guanidine groups is 1. The summed E-state index contributed by atoms with van der Waals surface area (Å²) < 4.78 is 42.2. The molecule has 0 bridgehead atoms. The van der Waals surface area contributed by atoms with Gasteiger partial charge >= 0.3 is 0 Å². The van der Waals surface area contributed by atoms with E-state index in [1.54, 1.807) is 12.1 Å². The van der Waals surface area contributed by atoms with Crippen LogP contribution in [0, 0.1) is 5.82 Å². The first-order valence-electron chi connectivity index (χ1n) is 7.63. The maximum absolute atomic E-state index is 13.6. The van der Waals surface area contributed by atoms with Crippen LogP contribution >= 0.6 is 0 Å². The first-order valence-corrected chi connectivity index (χ1v) is 9.07. The van der Waals surface area contributed by atoms with Crippen LogP contribution in [0.2, 0.25) is 0 Å². The fourth-order valence-corrected chi connectivity index (χ4v) is 3.86. The third kappa shape index (κ3) is 2.73. The lowest BCUT2D eigenvalue weighted by atomic mass is 10.1. The highest BCUT2D eigenvalue weighted by Crippen LogP contribution is 2.46. The lowest BCUT2D eigenvalue weighted by molar-refractivity contribution is 0.592. The molecule has 0 radical (unpaired) electrons. The second kappa shape index (κ2) is 5.55. The largest absolute Gasteiger partial charge is 0.349 e. The van der Waals surface area contributed by atoms with Gasteiger partial charge in [-0.3, -0.25) is 4.98 Å². The molecule has 1 fully saturated rings. The monoisotopic (exact) mass is 346 g/mol. The van der Waals surface area contributed by atoms with Crippen molar-refractivity contribution in [2.75, 3.05) is 5.32 Å². The number of hydrogen-bond acceptors (Lipinski definition) is 5. The van der Waals surface area contributed by atoms with E-state index in [1.807, 2.05) is 6.07 Å². The van der Waals surface area contributed by atoms with Gasteiger partial charge < -0.3 is 10.6 Å². The molecule has 124 valence electrons. The first-order chi connectivity index (χ1) is 11.5. The van der Waals surface area contributed by atoms with Crippen LogP contribution in [0.1, 0.15) is 30.0 Å². The second-order valence-electron chi connectivity index (χ2n) is 5.82. The predicted molar refractivity (Wildman–Crippen MR) is 87.7 cm³/mol. The molecule has 6 nitrogen and oxygen atoms in total. The lowest BCUT2D eigenvalue weighted by Crippen LogP contribution is -2.35. The Kier molecular flexibility index (Phi) is 3.49. The van der Waals surface area contributed by atoms with Crippen molar-refractivity contribution in [2.45, 2.75) is 30.2 Å². The van der Waals surface area contributed by atoms with Crippen LogP contribution in [0.5, 0.6) is 0 Å².